The molecule has 0 saturated carbocycles. The van der Waals surface area contributed by atoms with Gasteiger partial charge in [-0.15, -0.1) is 0 Å². The lowest BCUT2D eigenvalue weighted by molar-refractivity contribution is -0.151. The predicted octanol–water partition coefficient (Wildman–Crippen LogP) is 4.75. The molecule has 2 aliphatic rings. The molecule has 0 bridgehead atoms. The van der Waals surface area contributed by atoms with Crippen molar-refractivity contribution in [2.75, 3.05) is 27.9 Å². The van der Waals surface area contributed by atoms with Crippen LogP contribution in [-0.4, -0.2) is 55.7 Å². The third-order valence-corrected chi connectivity index (χ3v) is 8.45. The largest absolute Gasteiger partial charge is 0.493 e. The summed E-state index contributed by atoms with van der Waals surface area (Å²) in [4.78, 5) is 29.6. The van der Waals surface area contributed by atoms with E-state index in [1.54, 1.807) is 18.2 Å². The van der Waals surface area contributed by atoms with Gasteiger partial charge in [0.05, 0.1) is 45.4 Å². The number of benzene rings is 4. The van der Waals surface area contributed by atoms with Crippen LogP contribution in [0.1, 0.15) is 28.4 Å². The van der Waals surface area contributed by atoms with Crippen LogP contribution in [0.3, 0.4) is 0 Å². The third-order valence-electron chi connectivity index (χ3n) is 8.45. The first-order valence-corrected chi connectivity index (χ1v) is 13.5. The quantitative estimate of drug-likeness (QED) is 0.333. The zero-order valence-corrected chi connectivity index (χ0v) is 23.1. The molecular formula is C34H31NO6. The second kappa shape index (κ2) is 10.5. The fourth-order valence-electron chi connectivity index (χ4n) is 6.73. The van der Waals surface area contributed by atoms with Gasteiger partial charge in [-0.3, -0.25) is 14.5 Å². The van der Waals surface area contributed by atoms with Gasteiger partial charge in [0.15, 0.2) is 17.3 Å². The molecule has 6 rings (SSSR count). The fraction of sp³-hybridized carbons (Fsp3) is 0.235. The molecule has 0 unspecified atom stereocenters. The van der Waals surface area contributed by atoms with E-state index in [1.807, 2.05) is 59.5 Å². The van der Waals surface area contributed by atoms with E-state index in [9.17, 15) is 14.7 Å². The Balaban J connectivity index is 1.57. The van der Waals surface area contributed by atoms with Gasteiger partial charge in [-0.2, -0.15) is 0 Å². The van der Waals surface area contributed by atoms with Crippen molar-refractivity contribution < 1.29 is 28.9 Å². The zero-order chi connectivity index (χ0) is 28.7. The zero-order valence-electron chi connectivity index (χ0n) is 23.1. The minimum absolute atomic E-state index is 0.0631. The lowest BCUT2D eigenvalue weighted by atomic mass is 9.78. The maximum absolute atomic E-state index is 14.0. The first-order valence-electron chi connectivity index (χ1n) is 13.5. The average Bonchev–Trinajstić information content (AvgIpc) is 3.53. The fourth-order valence-corrected chi connectivity index (χ4v) is 6.73. The number of carbonyl (C=O) groups excluding carboxylic acids is 2. The van der Waals surface area contributed by atoms with Crippen LogP contribution in [-0.2, 0) is 19.9 Å². The van der Waals surface area contributed by atoms with Gasteiger partial charge in [-0.1, -0.05) is 84.9 Å². The van der Waals surface area contributed by atoms with Crippen molar-refractivity contribution >= 4 is 11.8 Å². The number of methoxy groups -OCH3 is 3. The van der Waals surface area contributed by atoms with Crippen molar-refractivity contribution in [1.82, 2.24) is 4.90 Å². The van der Waals surface area contributed by atoms with Crippen molar-refractivity contribution in [3.63, 3.8) is 0 Å². The molecule has 1 heterocycles. The number of aliphatic hydroxyl groups excluding tert-OH is 1. The van der Waals surface area contributed by atoms with Crippen LogP contribution in [0.25, 0.3) is 11.1 Å². The molecule has 4 aromatic rings. The van der Waals surface area contributed by atoms with Crippen LogP contribution in [0, 0.1) is 5.92 Å². The van der Waals surface area contributed by atoms with Crippen LogP contribution in [0.2, 0.25) is 0 Å². The summed E-state index contributed by atoms with van der Waals surface area (Å²) in [6.45, 7) is -0.0631. The molecule has 3 atom stereocenters. The molecule has 0 amide bonds. The maximum Gasteiger partial charge on any atom is 0.324 e. The Morgan fingerprint density at radius 1 is 0.829 bits per heavy atom. The number of likely N-dealkylation sites (tertiary alicyclic amines) is 1. The van der Waals surface area contributed by atoms with Crippen LogP contribution in [0.4, 0.5) is 0 Å². The van der Waals surface area contributed by atoms with E-state index in [0.29, 0.717) is 17.1 Å². The topological polar surface area (TPSA) is 85.3 Å². The van der Waals surface area contributed by atoms with Crippen molar-refractivity contribution in [3.05, 3.63) is 119 Å². The summed E-state index contributed by atoms with van der Waals surface area (Å²) in [7, 11) is 4.35. The Morgan fingerprint density at radius 2 is 1.41 bits per heavy atom. The lowest BCUT2D eigenvalue weighted by Crippen LogP contribution is -2.54. The molecule has 1 aliphatic heterocycles. The average molecular weight is 550 g/mol. The molecule has 7 nitrogen and oxygen atoms in total. The molecule has 0 radical (unpaired) electrons. The number of ether oxygens (including phenoxy) is 3. The molecule has 7 heteroatoms. The van der Waals surface area contributed by atoms with Gasteiger partial charge < -0.3 is 19.3 Å². The molecule has 1 N–H and O–H groups in total. The van der Waals surface area contributed by atoms with Gasteiger partial charge in [0.2, 0.25) is 0 Å². The van der Waals surface area contributed by atoms with Gasteiger partial charge in [-0.25, -0.2) is 0 Å². The molecule has 41 heavy (non-hydrogen) atoms. The monoisotopic (exact) mass is 549 g/mol. The highest BCUT2D eigenvalue weighted by atomic mass is 16.5. The summed E-state index contributed by atoms with van der Waals surface area (Å²) < 4.78 is 16.1. The van der Waals surface area contributed by atoms with Gasteiger partial charge in [0.1, 0.15) is 6.04 Å². The summed E-state index contributed by atoms with van der Waals surface area (Å²) in [6, 6.07) is 30.0. The molecule has 0 spiro atoms. The standard InChI is InChI=1S/C34H31NO6/c1-39-28-18-17-21(19-29(28)40-2)32(37)30-27(36)20-35(31(30)33(38)41-3)34(22-11-5-4-6-12-22)25-15-9-7-13-23(25)24-14-8-10-16-26(24)34/h4-19,30-32,37H,20H2,1-3H3/t30-,31-,32-/m0/s1. The number of hydrogen-bond acceptors (Lipinski definition) is 7. The first kappa shape index (κ1) is 26.7. The summed E-state index contributed by atoms with van der Waals surface area (Å²) >= 11 is 0. The molecular weight excluding hydrogens is 518 g/mol. The molecule has 1 aliphatic carbocycles. The number of hydrogen-bond donors (Lipinski definition) is 1. The number of carbonyl (C=O) groups is 2. The number of ketones is 1. The summed E-state index contributed by atoms with van der Waals surface area (Å²) in [5, 5.41) is 11.7. The smallest absolute Gasteiger partial charge is 0.324 e. The Kier molecular flexibility index (Phi) is 6.85. The Labute approximate surface area is 238 Å². The summed E-state index contributed by atoms with van der Waals surface area (Å²) in [5.41, 5.74) is 4.39. The van der Waals surface area contributed by atoms with Crippen molar-refractivity contribution in [2.45, 2.75) is 17.7 Å². The second-order valence-electron chi connectivity index (χ2n) is 10.3. The van der Waals surface area contributed by atoms with E-state index in [0.717, 1.165) is 27.8 Å². The Morgan fingerprint density at radius 3 is 2.00 bits per heavy atom. The molecule has 4 aromatic carbocycles. The Bertz CT molecular complexity index is 1570. The summed E-state index contributed by atoms with van der Waals surface area (Å²) in [6.07, 6.45) is -1.30. The minimum atomic E-state index is -1.30. The Hall–Kier alpha value is -4.46. The summed E-state index contributed by atoms with van der Waals surface area (Å²) in [5.74, 6) is -1.01. The van der Waals surface area contributed by atoms with E-state index < -0.39 is 29.6 Å². The highest BCUT2D eigenvalue weighted by Crippen LogP contribution is 2.57. The molecule has 1 saturated heterocycles. The highest BCUT2D eigenvalue weighted by molar-refractivity contribution is 5.95. The van der Waals surface area contributed by atoms with E-state index >= 15 is 0 Å². The number of fused-ring (bicyclic) bond motifs is 3. The van der Waals surface area contributed by atoms with E-state index in [2.05, 4.69) is 24.3 Å². The van der Waals surface area contributed by atoms with E-state index in [-0.39, 0.29) is 12.3 Å². The van der Waals surface area contributed by atoms with Gasteiger partial charge in [0, 0.05) is 0 Å². The predicted molar refractivity (Wildman–Crippen MR) is 154 cm³/mol. The van der Waals surface area contributed by atoms with Crippen LogP contribution >= 0.6 is 0 Å². The van der Waals surface area contributed by atoms with Crippen molar-refractivity contribution in [1.29, 1.82) is 0 Å². The molecule has 0 aromatic heterocycles. The second-order valence-corrected chi connectivity index (χ2v) is 10.3. The van der Waals surface area contributed by atoms with Crippen LogP contribution in [0.5, 0.6) is 11.5 Å². The number of Topliss-reactive ketones (excluding diaryl/α,β-unsaturated/α-hetero) is 1. The molecule has 208 valence electrons. The lowest BCUT2D eigenvalue weighted by Gasteiger charge is -2.44. The van der Waals surface area contributed by atoms with Gasteiger partial charge in [0.25, 0.3) is 0 Å². The minimum Gasteiger partial charge on any atom is -0.493 e. The third kappa shape index (κ3) is 3.96. The van der Waals surface area contributed by atoms with Gasteiger partial charge >= 0.3 is 5.97 Å². The van der Waals surface area contributed by atoms with Crippen molar-refractivity contribution in [2.24, 2.45) is 5.92 Å². The maximum atomic E-state index is 14.0. The van der Waals surface area contributed by atoms with Crippen LogP contribution in [0.15, 0.2) is 97.1 Å². The number of nitrogens with zero attached hydrogens (tertiary/aromatic N) is 1. The van der Waals surface area contributed by atoms with E-state index in [1.165, 1.54) is 21.3 Å². The van der Waals surface area contributed by atoms with Gasteiger partial charge in [-0.05, 0) is 45.5 Å². The SMILES string of the molecule is COC(=O)[C@@H]1[C@@H]([C@@H](O)c2ccc(OC)c(OC)c2)C(=O)CN1C1(c2ccccc2)c2ccccc2-c2ccccc21. The van der Waals surface area contributed by atoms with Crippen molar-refractivity contribution in [3.8, 4) is 22.6 Å². The van der Waals surface area contributed by atoms with E-state index in [4.69, 9.17) is 14.2 Å². The number of rotatable bonds is 7. The first-order chi connectivity index (χ1) is 20.0. The normalized spacial score (nSPS) is 19.8. The number of esters is 1. The van der Waals surface area contributed by atoms with Crippen LogP contribution < -0.4 is 9.47 Å². The highest BCUT2D eigenvalue weighted by Gasteiger charge is 2.60. The molecule has 1 fully saturated rings. The number of aliphatic hydroxyl groups is 1.